The van der Waals surface area contributed by atoms with E-state index in [0.717, 1.165) is 18.4 Å². The van der Waals surface area contributed by atoms with Crippen molar-refractivity contribution in [1.82, 2.24) is 5.32 Å². The molecule has 1 aromatic heterocycles. The number of amides is 1. The van der Waals surface area contributed by atoms with Gasteiger partial charge in [-0.05, 0) is 30.9 Å². The Morgan fingerprint density at radius 2 is 2.13 bits per heavy atom. The molecule has 1 amide bonds. The van der Waals surface area contributed by atoms with Crippen molar-refractivity contribution >= 4 is 11.9 Å². The molecule has 0 radical (unpaired) electrons. The molecule has 2 N–H and O–H groups in total. The summed E-state index contributed by atoms with van der Waals surface area (Å²) in [6.45, 7) is 3.84. The molecule has 1 aliphatic carbocycles. The molecule has 1 heterocycles. The number of carbonyl (C=O) groups is 2. The van der Waals surface area contributed by atoms with E-state index in [0.29, 0.717) is 12.2 Å². The minimum Gasteiger partial charge on any atom is -0.478 e. The van der Waals surface area contributed by atoms with Gasteiger partial charge in [-0.2, -0.15) is 0 Å². The molecule has 0 bridgehead atoms. The van der Waals surface area contributed by atoms with E-state index in [1.54, 1.807) is 6.92 Å². The molecular weight excluding hydrogens is 294 g/mol. The highest BCUT2D eigenvalue weighted by molar-refractivity contribution is 5.96. The summed E-state index contributed by atoms with van der Waals surface area (Å²) in [6, 6.07) is 7.48. The highest BCUT2D eigenvalue weighted by atomic mass is 16.4. The number of benzene rings is 1. The number of carboxylic acids is 1. The number of aromatic carboxylic acids is 1. The van der Waals surface area contributed by atoms with Crippen LogP contribution in [0.4, 0.5) is 0 Å². The summed E-state index contributed by atoms with van der Waals surface area (Å²) in [5.74, 6) is -1.07. The molecular formula is C18H19NO4. The maximum absolute atomic E-state index is 12.4. The zero-order valence-corrected chi connectivity index (χ0v) is 13.2. The number of hydrogen-bond donors (Lipinski definition) is 2. The highest BCUT2D eigenvalue weighted by Crippen LogP contribution is 2.32. The number of carboxylic acid groups (broad SMARTS) is 1. The van der Waals surface area contributed by atoms with Gasteiger partial charge in [0.2, 0.25) is 0 Å². The summed E-state index contributed by atoms with van der Waals surface area (Å²) in [4.78, 5) is 23.5. The van der Waals surface area contributed by atoms with Gasteiger partial charge in [0.15, 0.2) is 5.76 Å². The van der Waals surface area contributed by atoms with Crippen molar-refractivity contribution in [2.75, 3.05) is 0 Å². The van der Waals surface area contributed by atoms with E-state index in [-0.39, 0.29) is 23.3 Å². The summed E-state index contributed by atoms with van der Waals surface area (Å²) in [7, 11) is 0. The van der Waals surface area contributed by atoms with Crippen molar-refractivity contribution < 1.29 is 19.1 Å². The first-order valence-electron chi connectivity index (χ1n) is 7.76. The summed E-state index contributed by atoms with van der Waals surface area (Å²) in [5, 5.41) is 12.1. The predicted molar refractivity (Wildman–Crippen MR) is 84.8 cm³/mol. The van der Waals surface area contributed by atoms with Gasteiger partial charge < -0.3 is 14.8 Å². The van der Waals surface area contributed by atoms with Crippen LogP contribution >= 0.6 is 0 Å². The SMILES string of the molecule is CCc1oc(C(=O)NC2CCc3cc(C)ccc32)cc1C(=O)O. The Morgan fingerprint density at radius 3 is 2.78 bits per heavy atom. The second-order valence-corrected chi connectivity index (χ2v) is 5.87. The summed E-state index contributed by atoms with van der Waals surface area (Å²) in [5.41, 5.74) is 3.65. The highest BCUT2D eigenvalue weighted by Gasteiger charge is 2.26. The Morgan fingerprint density at radius 1 is 1.35 bits per heavy atom. The lowest BCUT2D eigenvalue weighted by atomic mass is 10.1. The molecule has 5 nitrogen and oxygen atoms in total. The lowest BCUT2D eigenvalue weighted by Gasteiger charge is -2.13. The standard InChI is InChI=1S/C18H19NO4/c1-3-15-13(18(21)22)9-16(23-15)17(20)19-14-7-5-11-8-10(2)4-6-12(11)14/h4,6,8-9,14H,3,5,7H2,1-2H3,(H,19,20)(H,21,22). The molecule has 120 valence electrons. The van der Waals surface area contributed by atoms with Crippen molar-refractivity contribution in [2.45, 2.75) is 39.2 Å². The van der Waals surface area contributed by atoms with Gasteiger partial charge in [-0.15, -0.1) is 0 Å². The molecule has 1 atom stereocenters. The zero-order valence-electron chi connectivity index (χ0n) is 13.2. The van der Waals surface area contributed by atoms with Gasteiger partial charge in [-0.3, -0.25) is 4.79 Å². The number of nitrogens with one attached hydrogen (secondary N) is 1. The normalized spacial score (nSPS) is 16.2. The first kappa shape index (κ1) is 15.3. The third kappa shape index (κ3) is 2.86. The molecule has 0 saturated heterocycles. The van der Waals surface area contributed by atoms with Crippen molar-refractivity contribution in [3.8, 4) is 0 Å². The minimum atomic E-state index is -1.08. The van der Waals surface area contributed by atoms with Crippen molar-refractivity contribution in [1.29, 1.82) is 0 Å². The Kier molecular flexibility index (Phi) is 3.94. The largest absolute Gasteiger partial charge is 0.478 e. The second-order valence-electron chi connectivity index (χ2n) is 5.87. The average Bonchev–Trinajstić information content (AvgIpc) is 3.11. The lowest BCUT2D eigenvalue weighted by Crippen LogP contribution is -2.26. The van der Waals surface area contributed by atoms with Crippen LogP contribution in [-0.2, 0) is 12.8 Å². The monoisotopic (exact) mass is 313 g/mol. The van der Waals surface area contributed by atoms with Gasteiger partial charge in [0, 0.05) is 12.5 Å². The molecule has 3 rings (SSSR count). The number of carbonyl (C=O) groups excluding carboxylic acids is 1. The fourth-order valence-corrected chi connectivity index (χ4v) is 3.11. The minimum absolute atomic E-state index is 0.0541. The number of hydrogen-bond acceptors (Lipinski definition) is 3. The molecule has 1 aliphatic rings. The first-order valence-corrected chi connectivity index (χ1v) is 7.76. The van der Waals surface area contributed by atoms with Gasteiger partial charge >= 0.3 is 5.97 Å². The Bertz CT molecular complexity index is 775. The van der Waals surface area contributed by atoms with Crippen LogP contribution in [0.25, 0.3) is 0 Å². The van der Waals surface area contributed by atoms with Crippen LogP contribution in [-0.4, -0.2) is 17.0 Å². The van der Waals surface area contributed by atoms with E-state index in [2.05, 4.69) is 18.3 Å². The van der Waals surface area contributed by atoms with E-state index in [9.17, 15) is 9.59 Å². The lowest BCUT2D eigenvalue weighted by molar-refractivity contribution is 0.0694. The average molecular weight is 313 g/mol. The number of furan rings is 1. The maximum atomic E-state index is 12.4. The van der Waals surface area contributed by atoms with Gasteiger partial charge in [0.25, 0.3) is 5.91 Å². The Balaban J connectivity index is 1.80. The Hall–Kier alpha value is -2.56. The van der Waals surface area contributed by atoms with Crippen LogP contribution in [0.3, 0.4) is 0 Å². The molecule has 23 heavy (non-hydrogen) atoms. The predicted octanol–water partition coefficient (Wildman–Crippen LogP) is 3.27. The molecule has 0 saturated carbocycles. The number of rotatable bonds is 4. The molecule has 0 aliphatic heterocycles. The fourth-order valence-electron chi connectivity index (χ4n) is 3.11. The quantitative estimate of drug-likeness (QED) is 0.908. The topological polar surface area (TPSA) is 79.5 Å². The van der Waals surface area contributed by atoms with E-state index in [1.807, 2.05) is 12.1 Å². The van der Waals surface area contributed by atoms with Gasteiger partial charge in [0.05, 0.1) is 6.04 Å². The van der Waals surface area contributed by atoms with Crippen molar-refractivity contribution in [3.63, 3.8) is 0 Å². The third-order valence-corrected chi connectivity index (χ3v) is 4.27. The van der Waals surface area contributed by atoms with Crippen LogP contribution in [0, 0.1) is 6.92 Å². The third-order valence-electron chi connectivity index (χ3n) is 4.27. The van der Waals surface area contributed by atoms with Gasteiger partial charge in [0.1, 0.15) is 11.3 Å². The van der Waals surface area contributed by atoms with E-state index in [4.69, 9.17) is 9.52 Å². The van der Waals surface area contributed by atoms with Crippen LogP contribution in [0.2, 0.25) is 0 Å². The summed E-state index contributed by atoms with van der Waals surface area (Å²) in [6.07, 6.45) is 2.21. The van der Waals surface area contributed by atoms with Gasteiger partial charge in [-0.25, -0.2) is 4.79 Å². The molecule has 0 fully saturated rings. The molecule has 1 aromatic carbocycles. The summed E-state index contributed by atoms with van der Waals surface area (Å²) >= 11 is 0. The molecule has 5 heteroatoms. The van der Waals surface area contributed by atoms with E-state index >= 15 is 0 Å². The Labute approximate surface area is 134 Å². The maximum Gasteiger partial charge on any atom is 0.339 e. The number of aryl methyl sites for hydroxylation is 3. The number of fused-ring (bicyclic) bond motifs is 1. The second kappa shape index (κ2) is 5.91. The first-order chi connectivity index (χ1) is 11.0. The molecule has 1 unspecified atom stereocenters. The molecule has 2 aromatic rings. The summed E-state index contributed by atoms with van der Waals surface area (Å²) < 4.78 is 5.41. The van der Waals surface area contributed by atoms with Crippen LogP contribution in [0.5, 0.6) is 0 Å². The van der Waals surface area contributed by atoms with Crippen molar-refractivity contribution in [2.24, 2.45) is 0 Å². The van der Waals surface area contributed by atoms with Crippen LogP contribution < -0.4 is 5.32 Å². The van der Waals surface area contributed by atoms with E-state index in [1.165, 1.54) is 17.2 Å². The van der Waals surface area contributed by atoms with E-state index < -0.39 is 5.97 Å². The van der Waals surface area contributed by atoms with Gasteiger partial charge in [-0.1, -0.05) is 30.7 Å². The fraction of sp³-hybridized carbons (Fsp3) is 0.333. The zero-order chi connectivity index (χ0) is 16.6. The van der Waals surface area contributed by atoms with Crippen LogP contribution in [0.15, 0.2) is 28.7 Å². The molecule has 0 spiro atoms. The van der Waals surface area contributed by atoms with Crippen LogP contribution in [0.1, 0.15) is 62.7 Å². The smallest absolute Gasteiger partial charge is 0.339 e. The van der Waals surface area contributed by atoms with Crippen molar-refractivity contribution in [3.05, 3.63) is 58.0 Å².